The number of aryl methyl sites for hydroxylation is 1. The molecule has 5 rings (SSSR count). The van der Waals surface area contributed by atoms with Crippen LogP contribution < -0.4 is 19.9 Å². The normalized spacial score (nSPS) is 14.7. The minimum absolute atomic E-state index is 0.124. The van der Waals surface area contributed by atoms with Gasteiger partial charge >= 0.3 is 0 Å². The highest BCUT2D eigenvalue weighted by Gasteiger charge is 2.32. The predicted molar refractivity (Wildman–Crippen MR) is 136 cm³/mol. The van der Waals surface area contributed by atoms with Gasteiger partial charge in [-0.25, -0.2) is 0 Å². The molecule has 0 spiro atoms. The van der Waals surface area contributed by atoms with Crippen molar-refractivity contribution in [3.8, 4) is 23.3 Å². The van der Waals surface area contributed by atoms with Gasteiger partial charge in [0.05, 0.1) is 12.5 Å². The van der Waals surface area contributed by atoms with Crippen molar-refractivity contribution >= 4 is 10.8 Å². The molecule has 0 aromatic heterocycles. The number of benzene rings is 4. The first-order valence-electron chi connectivity index (χ1n) is 11.6. The van der Waals surface area contributed by atoms with Crippen molar-refractivity contribution < 1.29 is 14.2 Å². The Morgan fingerprint density at radius 2 is 1.74 bits per heavy atom. The minimum Gasteiger partial charge on any atom is -0.490 e. The highest BCUT2D eigenvalue weighted by atomic mass is 16.5. The van der Waals surface area contributed by atoms with Crippen LogP contribution in [0.1, 0.15) is 35.1 Å². The second-order valence-electron chi connectivity index (χ2n) is 8.54. The molecule has 4 aromatic carbocycles. The minimum atomic E-state index is -0.376. The number of nitrogens with two attached hydrogens (primary N) is 1. The van der Waals surface area contributed by atoms with E-state index in [1.165, 1.54) is 5.56 Å². The Morgan fingerprint density at radius 3 is 2.51 bits per heavy atom. The summed E-state index contributed by atoms with van der Waals surface area (Å²) in [6, 6.07) is 28.4. The van der Waals surface area contributed by atoms with Crippen molar-refractivity contribution in [3.63, 3.8) is 0 Å². The lowest BCUT2D eigenvalue weighted by Crippen LogP contribution is -2.21. The average molecular weight is 463 g/mol. The summed E-state index contributed by atoms with van der Waals surface area (Å²) in [4.78, 5) is 0. The summed E-state index contributed by atoms with van der Waals surface area (Å²) in [5.41, 5.74) is 10.7. The fourth-order valence-electron chi connectivity index (χ4n) is 4.47. The van der Waals surface area contributed by atoms with Crippen molar-refractivity contribution in [2.75, 3.05) is 6.61 Å². The first-order valence-corrected chi connectivity index (χ1v) is 11.6. The van der Waals surface area contributed by atoms with Gasteiger partial charge in [-0.3, -0.25) is 0 Å². The zero-order valence-electron chi connectivity index (χ0n) is 19.7. The summed E-state index contributed by atoms with van der Waals surface area (Å²) >= 11 is 0. The molecule has 5 nitrogen and oxygen atoms in total. The quantitative estimate of drug-likeness (QED) is 0.362. The number of hydrogen-bond acceptors (Lipinski definition) is 5. The molecule has 0 saturated carbocycles. The van der Waals surface area contributed by atoms with E-state index < -0.39 is 0 Å². The second kappa shape index (κ2) is 9.44. The Kier molecular flexibility index (Phi) is 6.03. The largest absolute Gasteiger partial charge is 0.490 e. The van der Waals surface area contributed by atoms with Crippen LogP contribution in [0.5, 0.6) is 17.2 Å². The third-order valence-corrected chi connectivity index (χ3v) is 6.22. The van der Waals surface area contributed by atoms with Crippen molar-refractivity contribution in [1.82, 2.24) is 0 Å². The number of hydrogen-bond donors (Lipinski definition) is 1. The molecule has 5 heteroatoms. The number of rotatable bonds is 6. The lowest BCUT2D eigenvalue weighted by atomic mass is 9.82. The zero-order valence-corrected chi connectivity index (χ0v) is 19.7. The number of ether oxygens (including phenoxy) is 3. The highest BCUT2D eigenvalue weighted by molar-refractivity contribution is 5.91. The van der Waals surface area contributed by atoms with E-state index in [2.05, 4.69) is 37.3 Å². The van der Waals surface area contributed by atoms with E-state index >= 15 is 0 Å². The van der Waals surface area contributed by atoms with E-state index in [-0.39, 0.29) is 11.8 Å². The van der Waals surface area contributed by atoms with Gasteiger partial charge in [-0.1, -0.05) is 72.3 Å². The maximum Gasteiger partial charge on any atom is 0.205 e. The molecule has 1 aliphatic heterocycles. The molecule has 0 saturated heterocycles. The average Bonchev–Trinajstić information content (AvgIpc) is 2.88. The van der Waals surface area contributed by atoms with E-state index in [1.807, 2.05) is 61.5 Å². The lowest BCUT2D eigenvalue weighted by Gasteiger charge is -2.28. The molecule has 0 unspecified atom stereocenters. The van der Waals surface area contributed by atoms with Gasteiger partial charge in [0.15, 0.2) is 11.5 Å². The summed E-state index contributed by atoms with van der Waals surface area (Å²) in [5.74, 6) is 1.71. The van der Waals surface area contributed by atoms with Crippen molar-refractivity contribution in [1.29, 1.82) is 5.26 Å². The van der Waals surface area contributed by atoms with Crippen LogP contribution in [0, 0.1) is 18.3 Å². The van der Waals surface area contributed by atoms with Crippen molar-refractivity contribution in [2.24, 2.45) is 5.73 Å². The van der Waals surface area contributed by atoms with Gasteiger partial charge in [-0.2, -0.15) is 5.26 Å². The second-order valence-corrected chi connectivity index (χ2v) is 8.54. The third-order valence-electron chi connectivity index (χ3n) is 6.22. The summed E-state index contributed by atoms with van der Waals surface area (Å²) in [5, 5.41) is 12.0. The van der Waals surface area contributed by atoms with Crippen LogP contribution in [-0.2, 0) is 6.61 Å². The van der Waals surface area contributed by atoms with Gasteiger partial charge < -0.3 is 19.9 Å². The molecular weight excluding hydrogens is 436 g/mol. The number of allylic oxidation sites excluding steroid dienone is 1. The Morgan fingerprint density at radius 1 is 0.943 bits per heavy atom. The van der Waals surface area contributed by atoms with E-state index in [9.17, 15) is 5.26 Å². The van der Waals surface area contributed by atoms with Gasteiger partial charge in [0.1, 0.15) is 24.0 Å². The molecule has 1 heterocycles. The van der Waals surface area contributed by atoms with Crippen LogP contribution in [0.4, 0.5) is 0 Å². The first kappa shape index (κ1) is 22.4. The fourth-order valence-corrected chi connectivity index (χ4v) is 4.47. The molecule has 0 radical (unpaired) electrons. The molecule has 0 bridgehead atoms. The highest BCUT2D eigenvalue weighted by Crippen LogP contribution is 2.46. The van der Waals surface area contributed by atoms with Crippen LogP contribution in [0.2, 0.25) is 0 Å². The van der Waals surface area contributed by atoms with Crippen LogP contribution in [0.3, 0.4) is 0 Å². The maximum absolute atomic E-state index is 9.97. The van der Waals surface area contributed by atoms with Gasteiger partial charge in [0.25, 0.3) is 0 Å². The molecular formula is C30H26N2O3. The molecule has 2 N–H and O–H groups in total. The summed E-state index contributed by atoms with van der Waals surface area (Å²) < 4.78 is 18.0. The lowest BCUT2D eigenvalue weighted by molar-refractivity contribution is 0.269. The first-order chi connectivity index (χ1) is 17.1. The monoisotopic (exact) mass is 462 g/mol. The Balaban J connectivity index is 1.55. The van der Waals surface area contributed by atoms with Crippen LogP contribution in [0.15, 0.2) is 90.3 Å². The van der Waals surface area contributed by atoms with Gasteiger partial charge in [0, 0.05) is 10.9 Å². The molecule has 0 amide bonds. The number of nitrogens with zero attached hydrogens (tertiary/aromatic N) is 1. The van der Waals surface area contributed by atoms with Crippen molar-refractivity contribution in [3.05, 3.63) is 113 Å². The molecule has 174 valence electrons. The Labute approximate surface area is 205 Å². The smallest absolute Gasteiger partial charge is 0.205 e. The molecule has 1 atom stereocenters. The topological polar surface area (TPSA) is 77.5 Å². The SMILES string of the molecule is CCOc1cc([C@@H]2C(C#N)=C(N)Oc3c2ccc2ccccc32)ccc1OCc1ccc(C)cc1. The van der Waals surface area contributed by atoms with E-state index in [0.29, 0.717) is 36.0 Å². The maximum atomic E-state index is 9.97. The fraction of sp³-hybridized carbons (Fsp3) is 0.167. The molecule has 0 fully saturated rings. The summed E-state index contributed by atoms with van der Waals surface area (Å²) in [7, 11) is 0. The molecule has 0 aliphatic carbocycles. The zero-order chi connectivity index (χ0) is 24.4. The predicted octanol–water partition coefficient (Wildman–Crippen LogP) is 6.34. The summed E-state index contributed by atoms with van der Waals surface area (Å²) in [6.45, 7) is 4.92. The Bertz CT molecular complexity index is 1470. The summed E-state index contributed by atoms with van der Waals surface area (Å²) in [6.07, 6.45) is 0. The van der Waals surface area contributed by atoms with E-state index in [0.717, 1.165) is 27.5 Å². The molecule has 4 aromatic rings. The number of nitriles is 1. The molecule has 1 aliphatic rings. The van der Waals surface area contributed by atoms with E-state index in [4.69, 9.17) is 19.9 Å². The van der Waals surface area contributed by atoms with Gasteiger partial charge in [0.2, 0.25) is 5.88 Å². The molecule has 35 heavy (non-hydrogen) atoms. The standard InChI is InChI=1S/C30H26N2O3/c1-3-33-27-16-22(13-15-26(27)34-18-20-10-8-19(2)9-11-20)28-24-14-12-21-6-4-5-7-23(21)29(24)35-30(32)25(28)17-31/h4-16,28H,3,18,32H2,1-2H3/t28-/m0/s1. The third kappa shape index (κ3) is 4.27. The van der Waals surface area contributed by atoms with Crippen molar-refractivity contribution in [2.45, 2.75) is 26.4 Å². The van der Waals surface area contributed by atoms with Crippen LogP contribution >= 0.6 is 0 Å². The van der Waals surface area contributed by atoms with Crippen LogP contribution in [0.25, 0.3) is 10.8 Å². The van der Waals surface area contributed by atoms with Gasteiger partial charge in [-0.15, -0.1) is 0 Å². The van der Waals surface area contributed by atoms with Gasteiger partial charge in [-0.05, 0) is 42.5 Å². The number of fused-ring (bicyclic) bond motifs is 3. The van der Waals surface area contributed by atoms with E-state index in [1.54, 1.807) is 0 Å². The van der Waals surface area contributed by atoms with Crippen LogP contribution in [-0.4, -0.2) is 6.61 Å². The Hall–Kier alpha value is -4.43.